The first-order valence-corrected chi connectivity index (χ1v) is 5.91. The molecule has 1 saturated heterocycles. The fourth-order valence-corrected chi connectivity index (χ4v) is 2.11. The second kappa shape index (κ2) is 6.84. The Morgan fingerprint density at radius 3 is 2.88 bits per heavy atom. The first kappa shape index (κ1) is 14.3. The molecular formula is C12H16Cl2N2O. The van der Waals surface area contributed by atoms with E-state index in [-0.39, 0.29) is 18.3 Å². The van der Waals surface area contributed by atoms with Gasteiger partial charge in [0.05, 0.1) is 10.6 Å². The Morgan fingerprint density at radius 2 is 2.24 bits per heavy atom. The molecule has 1 aromatic rings. The average Bonchev–Trinajstić information content (AvgIpc) is 2.79. The van der Waals surface area contributed by atoms with Crippen molar-refractivity contribution in [3.63, 3.8) is 0 Å². The Balaban J connectivity index is 0.00000144. The highest BCUT2D eigenvalue weighted by Gasteiger charge is 2.16. The smallest absolute Gasteiger partial charge is 0.252 e. The summed E-state index contributed by atoms with van der Waals surface area (Å²) >= 11 is 5.94. The molecule has 0 saturated carbocycles. The fraction of sp³-hybridized carbons (Fsp3) is 0.417. The van der Waals surface area contributed by atoms with Crippen molar-refractivity contribution in [2.24, 2.45) is 0 Å². The quantitative estimate of drug-likeness (QED) is 0.888. The van der Waals surface area contributed by atoms with E-state index in [1.165, 1.54) is 6.42 Å². The molecule has 1 unspecified atom stereocenters. The van der Waals surface area contributed by atoms with Gasteiger partial charge in [-0.15, -0.1) is 12.4 Å². The van der Waals surface area contributed by atoms with Gasteiger partial charge < -0.3 is 10.6 Å². The largest absolute Gasteiger partial charge is 0.350 e. The number of hydrogen-bond acceptors (Lipinski definition) is 2. The molecule has 3 nitrogen and oxygen atoms in total. The van der Waals surface area contributed by atoms with Crippen LogP contribution in [0.3, 0.4) is 0 Å². The Hall–Kier alpha value is -0.770. The maximum atomic E-state index is 11.8. The summed E-state index contributed by atoms with van der Waals surface area (Å²) in [5.41, 5.74) is 0.544. The molecule has 5 heteroatoms. The molecule has 1 amide bonds. The van der Waals surface area contributed by atoms with Crippen LogP contribution in [-0.2, 0) is 0 Å². The van der Waals surface area contributed by atoms with Crippen LogP contribution in [0.25, 0.3) is 0 Å². The summed E-state index contributed by atoms with van der Waals surface area (Å²) in [4.78, 5) is 11.8. The molecule has 0 spiro atoms. The standard InChI is InChI=1S/C12H15ClN2O.ClH/c13-11-6-2-1-5-10(11)12(16)15-8-9-4-3-7-14-9;/h1-2,5-6,9,14H,3-4,7-8H2,(H,15,16);1H. The second-order valence-corrected chi connectivity index (χ2v) is 4.39. The predicted molar refractivity (Wildman–Crippen MR) is 72.1 cm³/mol. The highest BCUT2D eigenvalue weighted by atomic mass is 35.5. The summed E-state index contributed by atoms with van der Waals surface area (Å²) in [7, 11) is 0. The van der Waals surface area contributed by atoms with Crippen LogP contribution in [0.5, 0.6) is 0 Å². The third kappa shape index (κ3) is 3.87. The summed E-state index contributed by atoms with van der Waals surface area (Å²) in [6.45, 7) is 1.72. The van der Waals surface area contributed by atoms with Gasteiger partial charge >= 0.3 is 0 Å². The highest BCUT2D eigenvalue weighted by Crippen LogP contribution is 2.14. The number of carbonyl (C=O) groups excluding carboxylic acids is 1. The third-order valence-electron chi connectivity index (χ3n) is 2.79. The molecule has 1 aliphatic heterocycles. The van der Waals surface area contributed by atoms with Gasteiger partial charge in [0.2, 0.25) is 0 Å². The van der Waals surface area contributed by atoms with E-state index >= 15 is 0 Å². The van der Waals surface area contributed by atoms with Gasteiger partial charge in [-0.2, -0.15) is 0 Å². The third-order valence-corrected chi connectivity index (χ3v) is 3.12. The van der Waals surface area contributed by atoms with Crippen LogP contribution < -0.4 is 10.6 Å². The molecule has 94 valence electrons. The van der Waals surface area contributed by atoms with E-state index in [9.17, 15) is 4.79 Å². The van der Waals surface area contributed by atoms with Gasteiger partial charge in [0.1, 0.15) is 0 Å². The predicted octanol–water partition coefficient (Wildman–Crippen LogP) is 2.24. The Labute approximate surface area is 112 Å². The molecule has 1 fully saturated rings. The van der Waals surface area contributed by atoms with Gasteiger partial charge in [0, 0.05) is 12.6 Å². The van der Waals surface area contributed by atoms with Gasteiger partial charge in [-0.1, -0.05) is 23.7 Å². The summed E-state index contributed by atoms with van der Waals surface area (Å²) in [5.74, 6) is -0.0979. The van der Waals surface area contributed by atoms with Crippen molar-refractivity contribution in [1.82, 2.24) is 10.6 Å². The Morgan fingerprint density at radius 1 is 1.47 bits per heavy atom. The van der Waals surface area contributed by atoms with Crippen molar-refractivity contribution in [2.45, 2.75) is 18.9 Å². The number of carbonyl (C=O) groups is 1. The molecule has 0 aliphatic carbocycles. The van der Waals surface area contributed by atoms with Gasteiger partial charge in [0.25, 0.3) is 5.91 Å². The summed E-state index contributed by atoms with van der Waals surface area (Å²) in [6, 6.07) is 7.50. The monoisotopic (exact) mass is 274 g/mol. The van der Waals surface area contributed by atoms with Crippen molar-refractivity contribution < 1.29 is 4.79 Å². The minimum atomic E-state index is -0.0979. The lowest BCUT2D eigenvalue weighted by Gasteiger charge is -2.11. The van der Waals surface area contributed by atoms with Crippen LogP contribution in [0.15, 0.2) is 24.3 Å². The lowest BCUT2D eigenvalue weighted by atomic mass is 10.2. The van der Waals surface area contributed by atoms with Crippen LogP contribution in [0.4, 0.5) is 0 Å². The zero-order chi connectivity index (χ0) is 11.4. The first-order chi connectivity index (χ1) is 7.77. The van der Waals surface area contributed by atoms with Crippen LogP contribution in [0.1, 0.15) is 23.2 Å². The SMILES string of the molecule is Cl.O=C(NCC1CCCN1)c1ccccc1Cl. The average molecular weight is 275 g/mol. The molecule has 0 radical (unpaired) electrons. The van der Waals surface area contributed by atoms with Crippen molar-refractivity contribution in [2.75, 3.05) is 13.1 Å². The molecule has 0 aromatic heterocycles. The Bertz CT molecular complexity index is 379. The van der Waals surface area contributed by atoms with E-state index in [1.54, 1.807) is 12.1 Å². The van der Waals surface area contributed by atoms with Gasteiger partial charge in [-0.25, -0.2) is 0 Å². The van der Waals surface area contributed by atoms with Gasteiger partial charge in [-0.3, -0.25) is 4.79 Å². The van der Waals surface area contributed by atoms with Crippen molar-refractivity contribution >= 4 is 29.9 Å². The van der Waals surface area contributed by atoms with Crippen LogP contribution in [0, 0.1) is 0 Å². The number of halogens is 2. The van der Waals surface area contributed by atoms with E-state index < -0.39 is 0 Å². The number of amides is 1. The lowest BCUT2D eigenvalue weighted by molar-refractivity contribution is 0.0950. The summed E-state index contributed by atoms with van der Waals surface area (Å²) in [6.07, 6.45) is 2.31. The lowest BCUT2D eigenvalue weighted by Crippen LogP contribution is -2.37. The summed E-state index contributed by atoms with van der Waals surface area (Å²) in [5, 5.41) is 6.73. The number of hydrogen-bond donors (Lipinski definition) is 2. The summed E-state index contributed by atoms with van der Waals surface area (Å²) < 4.78 is 0. The molecule has 1 heterocycles. The maximum Gasteiger partial charge on any atom is 0.252 e. The molecular weight excluding hydrogens is 259 g/mol. The molecule has 2 rings (SSSR count). The van der Waals surface area contributed by atoms with E-state index in [4.69, 9.17) is 11.6 Å². The Kier molecular flexibility index (Phi) is 5.75. The van der Waals surface area contributed by atoms with Crippen molar-refractivity contribution in [3.05, 3.63) is 34.9 Å². The maximum absolute atomic E-state index is 11.8. The minimum absolute atomic E-state index is 0. The topological polar surface area (TPSA) is 41.1 Å². The van der Waals surface area contributed by atoms with Crippen molar-refractivity contribution in [3.8, 4) is 0 Å². The van der Waals surface area contributed by atoms with E-state index in [1.807, 2.05) is 12.1 Å². The van der Waals surface area contributed by atoms with Gasteiger partial charge in [-0.05, 0) is 31.5 Å². The molecule has 0 bridgehead atoms. The molecule has 1 aromatic carbocycles. The number of benzene rings is 1. The number of rotatable bonds is 3. The van der Waals surface area contributed by atoms with Crippen LogP contribution >= 0.6 is 24.0 Å². The number of nitrogens with one attached hydrogen (secondary N) is 2. The first-order valence-electron chi connectivity index (χ1n) is 5.53. The van der Waals surface area contributed by atoms with Crippen molar-refractivity contribution in [1.29, 1.82) is 0 Å². The molecule has 1 aliphatic rings. The highest BCUT2D eigenvalue weighted by molar-refractivity contribution is 6.33. The normalized spacial score (nSPS) is 18.5. The van der Waals surface area contributed by atoms with E-state index in [2.05, 4.69) is 10.6 Å². The second-order valence-electron chi connectivity index (χ2n) is 3.98. The van der Waals surface area contributed by atoms with Gasteiger partial charge in [0.15, 0.2) is 0 Å². The fourth-order valence-electron chi connectivity index (χ4n) is 1.89. The zero-order valence-corrected chi connectivity index (χ0v) is 11.0. The minimum Gasteiger partial charge on any atom is -0.350 e. The molecule has 17 heavy (non-hydrogen) atoms. The van der Waals surface area contributed by atoms with Crippen LogP contribution in [0.2, 0.25) is 5.02 Å². The molecule has 1 atom stereocenters. The van der Waals surface area contributed by atoms with Crippen LogP contribution in [-0.4, -0.2) is 25.0 Å². The van der Waals surface area contributed by atoms with E-state index in [0.717, 1.165) is 13.0 Å². The molecule has 2 N–H and O–H groups in total. The van der Waals surface area contributed by atoms with E-state index in [0.29, 0.717) is 23.2 Å². The zero-order valence-electron chi connectivity index (χ0n) is 9.41.